The van der Waals surface area contributed by atoms with Gasteiger partial charge in [-0.3, -0.25) is 4.40 Å². The molecule has 2 N–H and O–H groups in total. The maximum atomic E-state index is 6.06. The average Bonchev–Trinajstić information content (AvgIpc) is 2.64. The number of hydrogen-bond donors (Lipinski definition) is 1. The molecule has 0 saturated heterocycles. The molecule has 1 aromatic carbocycles. The summed E-state index contributed by atoms with van der Waals surface area (Å²) in [6.45, 7) is 2.45. The summed E-state index contributed by atoms with van der Waals surface area (Å²) in [5.74, 6) is 0. The maximum absolute atomic E-state index is 6.06. The zero-order valence-electron chi connectivity index (χ0n) is 9.44. The van der Waals surface area contributed by atoms with Crippen molar-refractivity contribution < 1.29 is 0 Å². The second-order valence-corrected chi connectivity index (χ2v) is 4.51. The summed E-state index contributed by atoms with van der Waals surface area (Å²) >= 11 is 6.06. The molecule has 0 unspecified atom stereocenters. The summed E-state index contributed by atoms with van der Waals surface area (Å²) in [6.07, 6.45) is 0. The van der Waals surface area contributed by atoms with Crippen LogP contribution in [-0.2, 0) is 6.54 Å². The first-order chi connectivity index (χ1) is 8.20. The Bertz CT molecular complexity index is 715. The van der Waals surface area contributed by atoms with Crippen molar-refractivity contribution in [2.75, 3.05) is 0 Å². The molecule has 0 aliphatic rings. The van der Waals surface area contributed by atoms with Crippen LogP contribution in [0.4, 0.5) is 0 Å². The van der Waals surface area contributed by atoms with Crippen LogP contribution >= 0.6 is 11.6 Å². The van der Waals surface area contributed by atoms with Crippen molar-refractivity contribution in [2.24, 2.45) is 5.73 Å². The van der Waals surface area contributed by atoms with Gasteiger partial charge < -0.3 is 5.73 Å². The van der Waals surface area contributed by atoms with E-state index in [1.54, 1.807) is 0 Å². The van der Waals surface area contributed by atoms with Gasteiger partial charge in [0.05, 0.1) is 16.9 Å². The fourth-order valence-electron chi connectivity index (χ4n) is 2.22. The second kappa shape index (κ2) is 3.72. The van der Waals surface area contributed by atoms with Crippen LogP contribution in [0.3, 0.4) is 0 Å². The van der Waals surface area contributed by atoms with E-state index in [1.807, 2.05) is 37.3 Å². The van der Waals surface area contributed by atoms with Crippen molar-refractivity contribution in [3.05, 3.63) is 46.7 Å². The van der Waals surface area contributed by atoms with E-state index in [2.05, 4.69) is 9.38 Å². The van der Waals surface area contributed by atoms with E-state index in [4.69, 9.17) is 17.3 Å². The quantitative estimate of drug-likeness (QED) is 0.716. The van der Waals surface area contributed by atoms with Crippen LogP contribution in [0.5, 0.6) is 0 Å². The molecule has 3 nitrogen and oxygen atoms in total. The molecule has 2 aromatic heterocycles. The number of halogens is 1. The number of benzene rings is 1. The molecule has 17 heavy (non-hydrogen) atoms. The fraction of sp³-hybridized carbons (Fsp3) is 0.154. The topological polar surface area (TPSA) is 43.3 Å². The van der Waals surface area contributed by atoms with Crippen LogP contribution in [0.15, 0.2) is 30.3 Å². The molecule has 2 heterocycles. The van der Waals surface area contributed by atoms with Crippen molar-refractivity contribution in [1.82, 2.24) is 9.38 Å². The molecular weight excluding hydrogens is 234 g/mol. The minimum absolute atomic E-state index is 0.471. The molecule has 0 amide bonds. The number of aromatic nitrogens is 2. The first-order valence-electron chi connectivity index (χ1n) is 5.47. The van der Waals surface area contributed by atoms with Crippen LogP contribution in [0.1, 0.15) is 11.4 Å². The van der Waals surface area contributed by atoms with Crippen LogP contribution in [0, 0.1) is 6.92 Å². The van der Waals surface area contributed by atoms with Crippen molar-refractivity contribution >= 4 is 28.2 Å². The van der Waals surface area contributed by atoms with Crippen molar-refractivity contribution in [3.63, 3.8) is 0 Å². The third-order valence-corrected chi connectivity index (χ3v) is 3.27. The Hall–Kier alpha value is -1.58. The first-order valence-corrected chi connectivity index (χ1v) is 5.85. The maximum Gasteiger partial charge on any atom is 0.137 e. The predicted molar refractivity (Wildman–Crippen MR) is 70.3 cm³/mol. The molecule has 86 valence electrons. The molecule has 0 radical (unpaired) electrons. The van der Waals surface area contributed by atoms with Gasteiger partial charge in [-0.1, -0.05) is 17.7 Å². The van der Waals surface area contributed by atoms with E-state index in [1.165, 1.54) is 0 Å². The monoisotopic (exact) mass is 245 g/mol. The fourth-order valence-corrected chi connectivity index (χ4v) is 2.39. The highest BCUT2D eigenvalue weighted by Crippen LogP contribution is 2.23. The Labute approximate surface area is 104 Å². The van der Waals surface area contributed by atoms with E-state index >= 15 is 0 Å². The third-order valence-electron chi connectivity index (χ3n) is 3.04. The number of rotatable bonds is 1. The lowest BCUT2D eigenvalue weighted by Crippen LogP contribution is -2.03. The van der Waals surface area contributed by atoms with E-state index in [0.29, 0.717) is 6.54 Å². The summed E-state index contributed by atoms with van der Waals surface area (Å²) < 4.78 is 2.08. The lowest BCUT2D eigenvalue weighted by molar-refractivity contribution is 0.961. The molecule has 0 aliphatic carbocycles. The molecule has 3 rings (SSSR count). The van der Waals surface area contributed by atoms with Crippen LogP contribution in [0.2, 0.25) is 5.02 Å². The number of pyridine rings is 1. The van der Waals surface area contributed by atoms with E-state index < -0.39 is 0 Å². The van der Waals surface area contributed by atoms with Gasteiger partial charge in [-0.05, 0) is 36.6 Å². The Morgan fingerprint density at radius 3 is 2.82 bits per heavy atom. The van der Waals surface area contributed by atoms with Gasteiger partial charge in [-0.2, -0.15) is 0 Å². The van der Waals surface area contributed by atoms with E-state index in [-0.39, 0.29) is 0 Å². The van der Waals surface area contributed by atoms with Crippen LogP contribution in [-0.4, -0.2) is 9.38 Å². The number of hydrogen-bond acceptors (Lipinski definition) is 2. The van der Waals surface area contributed by atoms with E-state index in [9.17, 15) is 0 Å². The third kappa shape index (κ3) is 1.51. The largest absolute Gasteiger partial charge is 0.325 e. The molecule has 0 saturated carbocycles. The molecule has 0 atom stereocenters. The van der Waals surface area contributed by atoms with Gasteiger partial charge in [0.25, 0.3) is 0 Å². The lowest BCUT2D eigenvalue weighted by atomic mass is 10.2. The van der Waals surface area contributed by atoms with Gasteiger partial charge in [0.15, 0.2) is 0 Å². The van der Waals surface area contributed by atoms with Gasteiger partial charge >= 0.3 is 0 Å². The van der Waals surface area contributed by atoms with Gasteiger partial charge in [0.1, 0.15) is 5.65 Å². The smallest absolute Gasteiger partial charge is 0.137 e. The standard InChI is InChI=1S/C13H12ClN3/c1-8-12(7-15)17-11-6-10(14)4-2-9(11)3-5-13(17)16-8/h2-6H,7,15H2,1H3. The highest BCUT2D eigenvalue weighted by atomic mass is 35.5. The Kier molecular flexibility index (Phi) is 2.31. The summed E-state index contributed by atoms with van der Waals surface area (Å²) in [7, 11) is 0. The van der Waals surface area contributed by atoms with Gasteiger partial charge in [0, 0.05) is 11.6 Å². The zero-order valence-corrected chi connectivity index (χ0v) is 10.2. The van der Waals surface area contributed by atoms with Gasteiger partial charge in [0.2, 0.25) is 0 Å². The molecule has 0 spiro atoms. The Balaban J connectivity index is 2.56. The van der Waals surface area contributed by atoms with Crippen LogP contribution in [0.25, 0.3) is 16.6 Å². The van der Waals surface area contributed by atoms with E-state index in [0.717, 1.165) is 33.0 Å². The van der Waals surface area contributed by atoms with Crippen molar-refractivity contribution in [1.29, 1.82) is 0 Å². The molecule has 0 fully saturated rings. The number of nitrogens with two attached hydrogens (primary N) is 1. The Morgan fingerprint density at radius 1 is 1.29 bits per heavy atom. The number of nitrogens with zero attached hydrogens (tertiary/aromatic N) is 2. The summed E-state index contributed by atoms with van der Waals surface area (Å²) in [5.41, 5.74) is 9.77. The molecule has 4 heteroatoms. The molecule has 3 aromatic rings. The molecule has 0 bridgehead atoms. The normalized spacial score (nSPS) is 11.5. The highest BCUT2D eigenvalue weighted by molar-refractivity contribution is 6.31. The minimum atomic E-state index is 0.471. The zero-order chi connectivity index (χ0) is 12.0. The summed E-state index contributed by atoms with van der Waals surface area (Å²) in [5, 5.41) is 1.85. The Morgan fingerprint density at radius 2 is 2.06 bits per heavy atom. The molecule has 0 aliphatic heterocycles. The number of fused-ring (bicyclic) bond motifs is 3. The molecular formula is C13H12ClN3. The highest BCUT2D eigenvalue weighted by Gasteiger charge is 2.09. The lowest BCUT2D eigenvalue weighted by Gasteiger charge is -2.05. The van der Waals surface area contributed by atoms with Crippen molar-refractivity contribution in [2.45, 2.75) is 13.5 Å². The summed E-state index contributed by atoms with van der Waals surface area (Å²) in [6, 6.07) is 9.90. The average molecular weight is 246 g/mol. The van der Waals surface area contributed by atoms with Crippen molar-refractivity contribution in [3.8, 4) is 0 Å². The van der Waals surface area contributed by atoms with Gasteiger partial charge in [-0.15, -0.1) is 0 Å². The second-order valence-electron chi connectivity index (χ2n) is 4.08. The summed E-state index contributed by atoms with van der Waals surface area (Å²) in [4.78, 5) is 4.50. The predicted octanol–water partition coefficient (Wildman–Crippen LogP) is 2.91. The minimum Gasteiger partial charge on any atom is -0.325 e. The first kappa shape index (κ1) is 10.6. The SMILES string of the molecule is Cc1nc2ccc3ccc(Cl)cc3n2c1CN. The van der Waals surface area contributed by atoms with Gasteiger partial charge in [-0.25, -0.2) is 4.98 Å². The number of aryl methyl sites for hydroxylation is 1. The van der Waals surface area contributed by atoms with Crippen LogP contribution < -0.4 is 5.73 Å². The number of imidazole rings is 1.